The number of hydrogen-bond acceptors (Lipinski definition) is 5. The maximum Gasteiger partial charge on any atom is 0.259 e. The molecule has 1 aromatic carbocycles. The number of carbonyl (C=O) groups excluding carboxylic acids is 1. The van der Waals surface area contributed by atoms with E-state index in [1.54, 1.807) is 30.3 Å². The Morgan fingerprint density at radius 3 is 2.95 bits per heavy atom. The summed E-state index contributed by atoms with van der Waals surface area (Å²) in [7, 11) is 1.47. The number of benzene rings is 1. The lowest BCUT2D eigenvalue weighted by molar-refractivity contribution is 0.102. The predicted octanol–water partition coefficient (Wildman–Crippen LogP) is 1.44. The molecule has 1 amide bonds. The van der Waals surface area contributed by atoms with Crippen LogP contribution in [-0.2, 0) is 0 Å². The van der Waals surface area contributed by atoms with Crippen molar-refractivity contribution in [2.75, 3.05) is 12.4 Å². The highest BCUT2D eigenvalue weighted by Crippen LogP contribution is 2.18. The number of amides is 1. The standard InChI is InChI=1S/C14H14N4O3/c1-21-12-8-16-6-5-11(12)14(19)17-10-4-2-3-9(7-10)13(15)18-20/h2-8,20H,1H3,(H2,15,18)(H,17,19). The van der Waals surface area contributed by atoms with Gasteiger partial charge in [0.05, 0.1) is 18.9 Å². The summed E-state index contributed by atoms with van der Waals surface area (Å²) < 4.78 is 5.09. The summed E-state index contributed by atoms with van der Waals surface area (Å²) in [6.07, 6.45) is 2.96. The summed E-state index contributed by atoms with van der Waals surface area (Å²) in [6.45, 7) is 0. The van der Waals surface area contributed by atoms with Crippen LogP contribution in [0.2, 0.25) is 0 Å². The van der Waals surface area contributed by atoms with E-state index in [-0.39, 0.29) is 11.7 Å². The Labute approximate surface area is 121 Å². The molecule has 7 nitrogen and oxygen atoms in total. The van der Waals surface area contributed by atoms with Crippen LogP contribution in [-0.4, -0.2) is 29.0 Å². The first kappa shape index (κ1) is 14.3. The summed E-state index contributed by atoms with van der Waals surface area (Å²) >= 11 is 0. The van der Waals surface area contributed by atoms with Gasteiger partial charge in [0.15, 0.2) is 5.84 Å². The van der Waals surface area contributed by atoms with Crippen LogP contribution in [0.4, 0.5) is 5.69 Å². The number of oxime groups is 1. The van der Waals surface area contributed by atoms with Gasteiger partial charge in [-0.3, -0.25) is 9.78 Å². The fourth-order valence-electron chi connectivity index (χ4n) is 1.74. The van der Waals surface area contributed by atoms with Crippen LogP contribution in [0.3, 0.4) is 0 Å². The molecule has 1 heterocycles. The van der Waals surface area contributed by atoms with Gasteiger partial charge in [-0.15, -0.1) is 0 Å². The van der Waals surface area contributed by atoms with Gasteiger partial charge in [-0.25, -0.2) is 0 Å². The molecule has 0 saturated heterocycles. The van der Waals surface area contributed by atoms with Gasteiger partial charge in [0.2, 0.25) is 0 Å². The molecule has 2 aromatic rings. The number of nitrogens with two attached hydrogens (primary N) is 1. The number of carbonyl (C=O) groups is 1. The topological polar surface area (TPSA) is 110 Å². The van der Waals surface area contributed by atoms with Gasteiger partial charge in [0.1, 0.15) is 5.75 Å². The molecule has 0 fully saturated rings. The molecule has 108 valence electrons. The van der Waals surface area contributed by atoms with Gasteiger partial charge in [0, 0.05) is 17.4 Å². The van der Waals surface area contributed by atoms with Crippen molar-refractivity contribution in [1.82, 2.24) is 4.98 Å². The lowest BCUT2D eigenvalue weighted by Crippen LogP contribution is -2.16. The third kappa shape index (κ3) is 3.27. The minimum atomic E-state index is -0.342. The van der Waals surface area contributed by atoms with E-state index in [2.05, 4.69) is 15.5 Å². The van der Waals surface area contributed by atoms with Gasteiger partial charge in [-0.1, -0.05) is 17.3 Å². The average molecular weight is 286 g/mol. The molecule has 7 heteroatoms. The van der Waals surface area contributed by atoms with Crippen molar-refractivity contribution in [3.63, 3.8) is 0 Å². The highest BCUT2D eigenvalue weighted by molar-refractivity contribution is 6.07. The van der Waals surface area contributed by atoms with Crippen molar-refractivity contribution < 1.29 is 14.7 Å². The molecule has 4 N–H and O–H groups in total. The number of anilines is 1. The third-order valence-corrected chi connectivity index (χ3v) is 2.77. The quantitative estimate of drug-likeness (QED) is 0.341. The van der Waals surface area contributed by atoms with Gasteiger partial charge < -0.3 is 21.0 Å². The molecule has 0 radical (unpaired) electrons. The second-order valence-electron chi connectivity index (χ2n) is 4.10. The van der Waals surface area contributed by atoms with Crippen LogP contribution in [0, 0.1) is 0 Å². The molecule has 0 aliphatic rings. The van der Waals surface area contributed by atoms with Crippen molar-refractivity contribution in [2.24, 2.45) is 10.9 Å². The van der Waals surface area contributed by atoms with Gasteiger partial charge in [-0.2, -0.15) is 0 Å². The number of rotatable bonds is 4. The van der Waals surface area contributed by atoms with Crippen LogP contribution >= 0.6 is 0 Å². The fourth-order valence-corrected chi connectivity index (χ4v) is 1.74. The molecule has 0 atom stereocenters. The predicted molar refractivity (Wildman–Crippen MR) is 77.7 cm³/mol. The highest BCUT2D eigenvalue weighted by Gasteiger charge is 2.12. The first-order valence-electron chi connectivity index (χ1n) is 6.03. The lowest BCUT2D eigenvalue weighted by Gasteiger charge is -2.09. The Bertz CT molecular complexity index is 685. The van der Waals surface area contributed by atoms with Crippen LogP contribution < -0.4 is 15.8 Å². The SMILES string of the molecule is COc1cnccc1C(=O)Nc1cccc(/C(N)=N/O)c1. The number of pyridine rings is 1. The van der Waals surface area contributed by atoms with E-state index in [1.165, 1.54) is 19.5 Å². The largest absolute Gasteiger partial charge is 0.494 e. The zero-order valence-corrected chi connectivity index (χ0v) is 11.3. The number of ether oxygens (including phenoxy) is 1. The number of aromatic nitrogens is 1. The van der Waals surface area contributed by atoms with E-state index < -0.39 is 0 Å². The number of amidine groups is 1. The smallest absolute Gasteiger partial charge is 0.259 e. The number of methoxy groups -OCH3 is 1. The number of nitrogens with zero attached hydrogens (tertiary/aromatic N) is 2. The molecule has 0 bridgehead atoms. The Morgan fingerprint density at radius 2 is 2.24 bits per heavy atom. The third-order valence-electron chi connectivity index (χ3n) is 2.77. The van der Waals surface area contributed by atoms with Crippen molar-refractivity contribution in [2.45, 2.75) is 0 Å². The Hall–Kier alpha value is -3.09. The second kappa shape index (κ2) is 6.38. The average Bonchev–Trinajstić information content (AvgIpc) is 2.54. The molecule has 1 aromatic heterocycles. The van der Waals surface area contributed by atoms with Crippen LogP contribution in [0.15, 0.2) is 47.9 Å². The normalized spacial score (nSPS) is 11.0. The van der Waals surface area contributed by atoms with E-state index >= 15 is 0 Å². The maximum absolute atomic E-state index is 12.2. The summed E-state index contributed by atoms with van der Waals surface area (Å²) in [5, 5.41) is 14.3. The van der Waals surface area contributed by atoms with E-state index in [9.17, 15) is 4.79 Å². The van der Waals surface area contributed by atoms with Crippen LogP contribution in [0.1, 0.15) is 15.9 Å². The summed E-state index contributed by atoms with van der Waals surface area (Å²) in [5.41, 5.74) is 6.89. The first-order chi connectivity index (χ1) is 10.2. The van der Waals surface area contributed by atoms with Gasteiger partial charge >= 0.3 is 0 Å². The fraction of sp³-hybridized carbons (Fsp3) is 0.0714. The molecule has 2 rings (SSSR count). The van der Waals surface area contributed by atoms with Crippen LogP contribution in [0.5, 0.6) is 5.75 Å². The van der Waals surface area contributed by atoms with Crippen molar-refractivity contribution in [3.05, 3.63) is 53.9 Å². The van der Waals surface area contributed by atoms with Gasteiger partial charge in [-0.05, 0) is 18.2 Å². The molecule has 21 heavy (non-hydrogen) atoms. The van der Waals surface area contributed by atoms with Crippen molar-refractivity contribution in [1.29, 1.82) is 0 Å². The lowest BCUT2D eigenvalue weighted by atomic mass is 10.1. The molecule has 0 aliphatic carbocycles. The summed E-state index contributed by atoms with van der Waals surface area (Å²) in [5.74, 6) is 0.00101. The zero-order chi connectivity index (χ0) is 15.2. The minimum Gasteiger partial charge on any atom is -0.494 e. The Kier molecular flexibility index (Phi) is 4.35. The Balaban J connectivity index is 2.24. The first-order valence-corrected chi connectivity index (χ1v) is 6.03. The monoisotopic (exact) mass is 286 g/mol. The Morgan fingerprint density at radius 1 is 1.43 bits per heavy atom. The van der Waals surface area contributed by atoms with E-state index in [4.69, 9.17) is 15.7 Å². The zero-order valence-electron chi connectivity index (χ0n) is 11.3. The maximum atomic E-state index is 12.2. The number of hydrogen-bond donors (Lipinski definition) is 3. The highest BCUT2D eigenvalue weighted by atomic mass is 16.5. The molecule has 0 aliphatic heterocycles. The second-order valence-corrected chi connectivity index (χ2v) is 4.10. The van der Waals surface area contributed by atoms with Crippen LogP contribution in [0.25, 0.3) is 0 Å². The summed E-state index contributed by atoms with van der Waals surface area (Å²) in [4.78, 5) is 16.1. The summed E-state index contributed by atoms with van der Waals surface area (Å²) in [6, 6.07) is 8.20. The van der Waals surface area contributed by atoms with Gasteiger partial charge in [0.25, 0.3) is 5.91 Å². The van der Waals surface area contributed by atoms with E-state index in [1.807, 2.05) is 0 Å². The van der Waals surface area contributed by atoms with Crippen molar-refractivity contribution >= 4 is 17.4 Å². The molecular weight excluding hydrogens is 272 g/mol. The molecular formula is C14H14N4O3. The number of nitrogens with one attached hydrogen (secondary N) is 1. The molecule has 0 saturated carbocycles. The molecule has 0 spiro atoms. The van der Waals surface area contributed by atoms with Crippen molar-refractivity contribution in [3.8, 4) is 5.75 Å². The van der Waals surface area contributed by atoms with E-state index in [0.29, 0.717) is 22.6 Å². The minimum absolute atomic E-state index is 0.0346. The van der Waals surface area contributed by atoms with E-state index in [0.717, 1.165) is 0 Å². The molecule has 0 unspecified atom stereocenters.